The fourth-order valence-corrected chi connectivity index (χ4v) is 3.25. The first kappa shape index (κ1) is 24.4. The van der Waals surface area contributed by atoms with Crippen LogP contribution in [0.5, 0.6) is 0 Å². The van der Waals surface area contributed by atoms with Gasteiger partial charge >= 0.3 is 18.0 Å². The largest absolute Gasteiger partial charge is 0.465 e. The number of carbonyl (C=O) groups excluding carboxylic acids is 3. The van der Waals surface area contributed by atoms with Gasteiger partial charge in [-0.15, -0.1) is 0 Å². The van der Waals surface area contributed by atoms with E-state index in [4.69, 9.17) is 14.2 Å². The molecule has 31 heavy (non-hydrogen) atoms. The van der Waals surface area contributed by atoms with E-state index in [1.807, 2.05) is 30.3 Å². The molecule has 0 unspecified atom stereocenters. The van der Waals surface area contributed by atoms with E-state index in [9.17, 15) is 14.4 Å². The van der Waals surface area contributed by atoms with Crippen molar-refractivity contribution in [1.29, 1.82) is 0 Å². The zero-order chi connectivity index (χ0) is 23.0. The van der Waals surface area contributed by atoms with Crippen LogP contribution in [0.1, 0.15) is 42.3 Å². The molecule has 0 saturated carbocycles. The van der Waals surface area contributed by atoms with E-state index >= 15 is 0 Å². The Labute approximate surface area is 190 Å². The van der Waals surface area contributed by atoms with E-state index in [1.165, 1.54) is 7.11 Å². The summed E-state index contributed by atoms with van der Waals surface area (Å²) in [5, 5.41) is 2.57. The molecule has 0 bridgehead atoms. The van der Waals surface area contributed by atoms with Crippen LogP contribution in [-0.4, -0.2) is 36.8 Å². The molecule has 0 heterocycles. The number of nitrogens with one attached hydrogen (secondary N) is 1. The average Bonchev–Trinajstić information content (AvgIpc) is 2.69. The Hall–Kier alpha value is -2.87. The minimum Gasteiger partial charge on any atom is -0.465 e. The van der Waals surface area contributed by atoms with Crippen LogP contribution in [0.3, 0.4) is 0 Å². The minimum absolute atomic E-state index is 0.0675. The molecule has 0 aliphatic rings. The molecule has 0 spiro atoms. The van der Waals surface area contributed by atoms with Gasteiger partial charge in [0.05, 0.1) is 12.7 Å². The highest BCUT2D eigenvalue weighted by Gasteiger charge is 2.26. The molecule has 0 saturated heterocycles. The molecule has 0 aliphatic carbocycles. The summed E-state index contributed by atoms with van der Waals surface area (Å²) in [7, 11) is 1.29. The normalized spacial score (nSPS) is 11.9. The first-order chi connectivity index (χ1) is 14.6. The van der Waals surface area contributed by atoms with Gasteiger partial charge in [-0.1, -0.05) is 46.3 Å². The number of amides is 1. The van der Waals surface area contributed by atoms with Crippen molar-refractivity contribution < 1.29 is 28.6 Å². The Bertz CT molecular complexity index is 923. The van der Waals surface area contributed by atoms with E-state index in [-0.39, 0.29) is 13.0 Å². The van der Waals surface area contributed by atoms with Gasteiger partial charge in [-0.2, -0.15) is 0 Å². The van der Waals surface area contributed by atoms with Gasteiger partial charge in [-0.3, -0.25) is 0 Å². The highest BCUT2D eigenvalue weighted by Crippen LogP contribution is 2.19. The van der Waals surface area contributed by atoms with Crippen LogP contribution in [-0.2, 0) is 32.0 Å². The highest BCUT2D eigenvalue weighted by atomic mass is 79.9. The van der Waals surface area contributed by atoms with Crippen molar-refractivity contribution in [3.63, 3.8) is 0 Å². The minimum atomic E-state index is -1.02. The van der Waals surface area contributed by atoms with Crippen LogP contribution in [0, 0.1) is 0 Å². The summed E-state index contributed by atoms with van der Waals surface area (Å²) in [6.45, 7) is 5.25. The van der Waals surface area contributed by atoms with Gasteiger partial charge in [-0.05, 0) is 50.1 Å². The molecule has 1 atom stereocenters. The Balaban J connectivity index is 2.20. The van der Waals surface area contributed by atoms with E-state index < -0.39 is 29.7 Å². The Morgan fingerprint density at radius 1 is 1.03 bits per heavy atom. The van der Waals surface area contributed by atoms with E-state index in [0.29, 0.717) is 15.6 Å². The van der Waals surface area contributed by atoms with Gasteiger partial charge in [0.25, 0.3) is 0 Å². The van der Waals surface area contributed by atoms with Crippen molar-refractivity contribution in [1.82, 2.24) is 5.32 Å². The predicted octanol–water partition coefficient (Wildman–Crippen LogP) is 4.41. The van der Waals surface area contributed by atoms with Gasteiger partial charge in [0.2, 0.25) is 0 Å². The summed E-state index contributed by atoms with van der Waals surface area (Å²) in [5.41, 5.74) is 1.05. The molecule has 2 rings (SSSR count). The van der Waals surface area contributed by atoms with E-state index in [2.05, 4.69) is 21.2 Å². The summed E-state index contributed by atoms with van der Waals surface area (Å²) >= 11 is 3.35. The van der Waals surface area contributed by atoms with Crippen molar-refractivity contribution in [2.75, 3.05) is 7.11 Å². The predicted molar refractivity (Wildman–Crippen MR) is 119 cm³/mol. The maximum Gasteiger partial charge on any atom is 0.408 e. The quantitative estimate of drug-likeness (QED) is 0.455. The molecule has 0 aliphatic heterocycles. The molecule has 7 nitrogen and oxygen atoms in total. The van der Waals surface area contributed by atoms with Crippen LogP contribution in [0.4, 0.5) is 4.79 Å². The lowest BCUT2D eigenvalue weighted by molar-refractivity contribution is -0.147. The molecule has 0 radical (unpaired) electrons. The van der Waals surface area contributed by atoms with Crippen molar-refractivity contribution >= 4 is 34.0 Å². The summed E-state index contributed by atoms with van der Waals surface area (Å²) in [6.07, 6.45) is -0.645. The lowest BCUT2D eigenvalue weighted by Gasteiger charge is -2.23. The fraction of sp³-hybridized carbons (Fsp3) is 0.348. The molecular weight excluding hydrogens is 466 g/mol. The lowest BCUT2D eigenvalue weighted by atomic mass is 10.0. The number of ether oxygens (including phenoxy) is 3. The third-order valence-electron chi connectivity index (χ3n) is 4.02. The van der Waals surface area contributed by atoms with Crippen molar-refractivity contribution in [3.8, 4) is 0 Å². The SMILES string of the molecule is COC(=O)c1cc(Br)cc(C[C@H](NC(=O)OC(C)(C)C)C(=O)OCc2ccccc2)c1. The first-order valence-corrected chi connectivity index (χ1v) is 10.4. The number of esters is 2. The van der Waals surface area contributed by atoms with Gasteiger partial charge in [0, 0.05) is 10.9 Å². The van der Waals surface area contributed by atoms with E-state index in [1.54, 1.807) is 39.0 Å². The molecule has 166 valence electrons. The van der Waals surface area contributed by atoms with Gasteiger partial charge in [0.15, 0.2) is 0 Å². The zero-order valence-electron chi connectivity index (χ0n) is 17.9. The van der Waals surface area contributed by atoms with Crippen LogP contribution in [0.2, 0.25) is 0 Å². The standard InChI is InChI=1S/C23H26BrNO6/c1-23(2,3)31-22(28)25-19(21(27)30-14-15-8-6-5-7-9-15)12-16-10-17(20(26)29-4)13-18(24)11-16/h5-11,13,19H,12,14H2,1-4H3,(H,25,28)/t19-/m0/s1. The molecule has 1 amide bonds. The second kappa shape index (κ2) is 10.9. The number of rotatable bonds is 7. The Morgan fingerprint density at radius 3 is 2.32 bits per heavy atom. The molecule has 1 N–H and O–H groups in total. The van der Waals surface area contributed by atoms with Crippen molar-refractivity contribution in [2.45, 2.75) is 45.4 Å². The summed E-state index contributed by atoms with van der Waals surface area (Å²) in [4.78, 5) is 37.0. The monoisotopic (exact) mass is 491 g/mol. The van der Waals surface area contributed by atoms with Crippen molar-refractivity contribution in [3.05, 3.63) is 69.7 Å². The Morgan fingerprint density at radius 2 is 1.71 bits per heavy atom. The van der Waals surface area contributed by atoms with Crippen LogP contribution < -0.4 is 5.32 Å². The number of carbonyl (C=O) groups is 3. The average molecular weight is 492 g/mol. The lowest BCUT2D eigenvalue weighted by Crippen LogP contribution is -2.45. The second-order valence-electron chi connectivity index (χ2n) is 7.84. The second-order valence-corrected chi connectivity index (χ2v) is 8.75. The topological polar surface area (TPSA) is 90.9 Å². The first-order valence-electron chi connectivity index (χ1n) is 9.65. The van der Waals surface area contributed by atoms with E-state index in [0.717, 1.165) is 5.56 Å². The maximum atomic E-state index is 12.8. The number of alkyl carbamates (subject to hydrolysis) is 1. The van der Waals surface area contributed by atoms with Gasteiger partial charge < -0.3 is 19.5 Å². The fourth-order valence-electron chi connectivity index (χ4n) is 2.71. The molecule has 8 heteroatoms. The summed E-state index contributed by atoms with van der Waals surface area (Å²) in [5.74, 6) is -1.12. The Kier molecular flexibility index (Phi) is 8.62. The molecule has 0 fully saturated rings. The van der Waals surface area contributed by atoms with Gasteiger partial charge in [0.1, 0.15) is 18.2 Å². The van der Waals surface area contributed by atoms with Crippen LogP contribution in [0.25, 0.3) is 0 Å². The zero-order valence-corrected chi connectivity index (χ0v) is 19.5. The maximum absolute atomic E-state index is 12.8. The summed E-state index contributed by atoms with van der Waals surface area (Å²) < 4.78 is 16.1. The van der Waals surface area contributed by atoms with Crippen LogP contribution >= 0.6 is 15.9 Å². The molecule has 2 aromatic carbocycles. The molecular formula is C23H26BrNO6. The number of hydrogen-bond acceptors (Lipinski definition) is 6. The number of halogens is 1. The van der Waals surface area contributed by atoms with Gasteiger partial charge in [-0.25, -0.2) is 14.4 Å². The number of methoxy groups -OCH3 is 1. The van der Waals surface area contributed by atoms with Crippen LogP contribution in [0.15, 0.2) is 53.0 Å². The third-order valence-corrected chi connectivity index (χ3v) is 4.48. The highest BCUT2D eigenvalue weighted by molar-refractivity contribution is 9.10. The smallest absolute Gasteiger partial charge is 0.408 e. The van der Waals surface area contributed by atoms with Crippen molar-refractivity contribution in [2.24, 2.45) is 0 Å². The number of hydrogen-bond donors (Lipinski definition) is 1. The summed E-state index contributed by atoms with van der Waals surface area (Å²) in [6, 6.07) is 13.2. The molecule has 2 aromatic rings. The third kappa shape index (κ3) is 8.41. The number of benzene rings is 2. The molecule has 0 aromatic heterocycles.